The number of nitrogens with zero attached hydrogens (tertiary/aromatic N) is 1. The van der Waals surface area contributed by atoms with Crippen LogP contribution in [0.3, 0.4) is 0 Å². The lowest BCUT2D eigenvalue weighted by Crippen LogP contribution is -2.58. The summed E-state index contributed by atoms with van der Waals surface area (Å²) in [5, 5.41) is 12.6. The monoisotopic (exact) mass is 254 g/mol. The summed E-state index contributed by atoms with van der Waals surface area (Å²) in [4.78, 5) is 25.9. The van der Waals surface area contributed by atoms with Crippen LogP contribution in [-0.4, -0.2) is 47.1 Å². The van der Waals surface area contributed by atoms with Gasteiger partial charge in [0, 0.05) is 13.1 Å². The van der Waals surface area contributed by atoms with E-state index in [2.05, 4.69) is 5.32 Å². The quantitative estimate of drug-likeness (QED) is 0.760. The topological polar surface area (TPSA) is 69.6 Å². The molecule has 2 aliphatic rings. The summed E-state index contributed by atoms with van der Waals surface area (Å²) in [5.74, 6) is -0.382. The third-order valence-corrected chi connectivity index (χ3v) is 3.97. The molecule has 3 unspecified atom stereocenters. The molecule has 1 heterocycles. The van der Waals surface area contributed by atoms with Gasteiger partial charge >= 0.3 is 0 Å². The van der Waals surface area contributed by atoms with Gasteiger partial charge < -0.3 is 15.3 Å². The first kappa shape index (κ1) is 13.3. The van der Waals surface area contributed by atoms with Crippen LogP contribution in [0.5, 0.6) is 0 Å². The van der Waals surface area contributed by atoms with Crippen LogP contribution in [0.25, 0.3) is 0 Å². The SMILES string of the molecule is CCCC1C(=O)NCCN1C(=O)C1CCCC1O. The van der Waals surface area contributed by atoms with E-state index in [0.717, 1.165) is 19.3 Å². The normalized spacial score (nSPS) is 32.4. The molecular formula is C13H22N2O3. The molecule has 1 saturated heterocycles. The lowest BCUT2D eigenvalue weighted by Gasteiger charge is -2.37. The fourth-order valence-electron chi connectivity index (χ4n) is 2.98. The number of hydrogen-bond donors (Lipinski definition) is 2. The minimum absolute atomic E-state index is 0.0340. The molecule has 0 bridgehead atoms. The van der Waals surface area contributed by atoms with Crippen molar-refractivity contribution in [1.82, 2.24) is 10.2 Å². The molecule has 102 valence electrons. The van der Waals surface area contributed by atoms with Crippen molar-refractivity contribution in [2.75, 3.05) is 13.1 Å². The highest BCUT2D eigenvalue weighted by atomic mass is 16.3. The predicted octanol–water partition coefficient (Wildman–Crippen LogP) is 0.274. The number of carbonyl (C=O) groups excluding carboxylic acids is 2. The van der Waals surface area contributed by atoms with Gasteiger partial charge in [-0.05, 0) is 25.7 Å². The van der Waals surface area contributed by atoms with E-state index in [1.165, 1.54) is 0 Å². The number of rotatable bonds is 3. The molecule has 0 aromatic rings. The number of carbonyl (C=O) groups is 2. The van der Waals surface area contributed by atoms with Crippen molar-refractivity contribution < 1.29 is 14.7 Å². The van der Waals surface area contributed by atoms with Gasteiger partial charge in [0.2, 0.25) is 11.8 Å². The Morgan fingerprint density at radius 1 is 1.50 bits per heavy atom. The van der Waals surface area contributed by atoms with Gasteiger partial charge in [0.25, 0.3) is 0 Å². The van der Waals surface area contributed by atoms with E-state index in [1.54, 1.807) is 4.90 Å². The Balaban J connectivity index is 2.08. The molecular weight excluding hydrogens is 232 g/mol. The van der Waals surface area contributed by atoms with Gasteiger partial charge in [-0.2, -0.15) is 0 Å². The summed E-state index contributed by atoms with van der Waals surface area (Å²) in [6.45, 7) is 3.10. The molecule has 5 nitrogen and oxygen atoms in total. The molecule has 0 aromatic heterocycles. The third kappa shape index (κ3) is 2.51. The summed E-state index contributed by atoms with van der Waals surface area (Å²) >= 11 is 0. The number of nitrogens with one attached hydrogen (secondary N) is 1. The van der Waals surface area contributed by atoms with E-state index in [-0.39, 0.29) is 23.8 Å². The average molecular weight is 254 g/mol. The Morgan fingerprint density at radius 3 is 2.89 bits per heavy atom. The van der Waals surface area contributed by atoms with Crippen molar-refractivity contribution >= 4 is 11.8 Å². The van der Waals surface area contributed by atoms with Gasteiger partial charge in [0.05, 0.1) is 12.0 Å². The Kier molecular flexibility index (Phi) is 4.22. The lowest BCUT2D eigenvalue weighted by atomic mass is 10.00. The van der Waals surface area contributed by atoms with Crippen LogP contribution >= 0.6 is 0 Å². The summed E-state index contributed by atoms with van der Waals surface area (Å²) < 4.78 is 0. The summed E-state index contributed by atoms with van der Waals surface area (Å²) in [5.41, 5.74) is 0. The summed E-state index contributed by atoms with van der Waals surface area (Å²) in [6, 6.07) is -0.343. The molecule has 2 fully saturated rings. The van der Waals surface area contributed by atoms with Gasteiger partial charge in [0.1, 0.15) is 6.04 Å². The molecule has 0 radical (unpaired) electrons. The maximum atomic E-state index is 12.4. The molecule has 2 N–H and O–H groups in total. The van der Waals surface area contributed by atoms with E-state index in [1.807, 2.05) is 6.92 Å². The predicted molar refractivity (Wildman–Crippen MR) is 66.8 cm³/mol. The molecule has 3 atom stereocenters. The minimum Gasteiger partial charge on any atom is -0.392 e. The first-order chi connectivity index (χ1) is 8.65. The highest BCUT2D eigenvalue weighted by Crippen LogP contribution is 2.28. The number of aliphatic hydroxyl groups is 1. The van der Waals surface area contributed by atoms with Crippen LogP contribution in [0.15, 0.2) is 0 Å². The minimum atomic E-state index is -0.523. The van der Waals surface area contributed by atoms with Crippen molar-refractivity contribution in [2.24, 2.45) is 5.92 Å². The summed E-state index contributed by atoms with van der Waals surface area (Å²) in [6.07, 6.45) is 3.39. The molecule has 1 aliphatic heterocycles. The van der Waals surface area contributed by atoms with E-state index >= 15 is 0 Å². The van der Waals surface area contributed by atoms with Crippen molar-refractivity contribution in [3.05, 3.63) is 0 Å². The second-order valence-corrected chi connectivity index (χ2v) is 5.23. The van der Waals surface area contributed by atoms with E-state index < -0.39 is 6.10 Å². The molecule has 18 heavy (non-hydrogen) atoms. The van der Waals surface area contributed by atoms with Crippen molar-refractivity contribution in [2.45, 2.75) is 51.2 Å². The Bertz CT molecular complexity index is 332. The maximum Gasteiger partial charge on any atom is 0.242 e. The van der Waals surface area contributed by atoms with Crippen LogP contribution in [0.2, 0.25) is 0 Å². The molecule has 0 spiro atoms. The highest BCUT2D eigenvalue weighted by molar-refractivity contribution is 5.89. The first-order valence-corrected chi connectivity index (χ1v) is 6.91. The number of amides is 2. The smallest absolute Gasteiger partial charge is 0.242 e. The molecule has 1 aliphatic carbocycles. The Labute approximate surface area is 108 Å². The van der Waals surface area contributed by atoms with E-state index in [0.29, 0.717) is 25.9 Å². The fourth-order valence-corrected chi connectivity index (χ4v) is 2.98. The third-order valence-electron chi connectivity index (χ3n) is 3.97. The number of aliphatic hydroxyl groups excluding tert-OH is 1. The van der Waals surface area contributed by atoms with Crippen molar-refractivity contribution in [3.8, 4) is 0 Å². The van der Waals surface area contributed by atoms with Gasteiger partial charge in [0.15, 0.2) is 0 Å². The molecule has 0 aromatic carbocycles. The Hall–Kier alpha value is -1.10. The van der Waals surface area contributed by atoms with Crippen molar-refractivity contribution in [1.29, 1.82) is 0 Å². The van der Waals surface area contributed by atoms with Crippen LogP contribution in [0.1, 0.15) is 39.0 Å². The lowest BCUT2D eigenvalue weighted by molar-refractivity contribution is -0.148. The van der Waals surface area contributed by atoms with Gasteiger partial charge in [-0.25, -0.2) is 0 Å². The zero-order valence-corrected chi connectivity index (χ0v) is 10.9. The van der Waals surface area contributed by atoms with E-state index in [4.69, 9.17) is 0 Å². The number of hydrogen-bond acceptors (Lipinski definition) is 3. The van der Waals surface area contributed by atoms with Crippen molar-refractivity contribution in [3.63, 3.8) is 0 Å². The van der Waals surface area contributed by atoms with Crippen LogP contribution in [-0.2, 0) is 9.59 Å². The molecule has 5 heteroatoms. The standard InChI is InChI=1S/C13H22N2O3/c1-2-4-10-12(17)14-7-8-15(10)13(18)9-5-3-6-11(9)16/h9-11,16H,2-8H2,1H3,(H,14,17). The Morgan fingerprint density at radius 2 is 2.28 bits per heavy atom. The summed E-state index contributed by atoms with van der Waals surface area (Å²) in [7, 11) is 0. The van der Waals surface area contributed by atoms with Crippen LogP contribution in [0.4, 0.5) is 0 Å². The van der Waals surface area contributed by atoms with Gasteiger partial charge in [-0.1, -0.05) is 13.3 Å². The second-order valence-electron chi connectivity index (χ2n) is 5.23. The maximum absolute atomic E-state index is 12.4. The zero-order valence-electron chi connectivity index (χ0n) is 10.9. The van der Waals surface area contributed by atoms with E-state index in [9.17, 15) is 14.7 Å². The molecule has 2 rings (SSSR count). The second kappa shape index (κ2) is 5.69. The van der Waals surface area contributed by atoms with Crippen LogP contribution in [0, 0.1) is 5.92 Å². The zero-order chi connectivity index (χ0) is 13.1. The molecule has 1 saturated carbocycles. The van der Waals surface area contributed by atoms with Gasteiger partial charge in [-0.15, -0.1) is 0 Å². The fraction of sp³-hybridized carbons (Fsp3) is 0.846. The molecule has 2 amide bonds. The largest absolute Gasteiger partial charge is 0.392 e. The first-order valence-electron chi connectivity index (χ1n) is 6.91. The highest BCUT2D eigenvalue weighted by Gasteiger charge is 2.39. The van der Waals surface area contributed by atoms with Gasteiger partial charge in [-0.3, -0.25) is 9.59 Å². The van der Waals surface area contributed by atoms with Crippen LogP contribution < -0.4 is 5.32 Å². The average Bonchev–Trinajstić information content (AvgIpc) is 2.77. The number of piperazine rings is 1.